The Hall–Kier alpha value is -2.40. The van der Waals surface area contributed by atoms with Gasteiger partial charge in [0.1, 0.15) is 18.1 Å². The number of rotatable bonds is 6. The second-order valence-electron chi connectivity index (χ2n) is 5.36. The lowest BCUT2D eigenvalue weighted by atomic mass is 10.2. The SMILES string of the molecule is COc1ccc(OCCN(C)C(=O)Nc2ccc(C)cc2Cl)cc1. The van der Waals surface area contributed by atoms with Gasteiger partial charge in [-0.15, -0.1) is 0 Å². The summed E-state index contributed by atoms with van der Waals surface area (Å²) in [5, 5.41) is 3.30. The molecule has 0 aliphatic carbocycles. The highest BCUT2D eigenvalue weighted by Gasteiger charge is 2.11. The molecule has 0 saturated carbocycles. The Morgan fingerprint density at radius 2 is 1.83 bits per heavy atom. The summed E-state index contributed by atoms with van der Waals surface area (Å²) in [4.78, 5) is 13.7. The molecule has 0 saturated heterocycles. The second kappa shape index (κ2) is 8.45. The molecule has 0 aliphatic rings. The fraction of sp³-hybridized carbons (Fsp3) is 0.278. The predicted octanol–water partition coefficient (Wildman–Crippen LogP) is 4.20. The Balaban J connectivity index is 1.80. The summed E-state index contributed by atoms with van der Waals surface area (Å²) in [6, 6.07) is 12.6. The van der Waals surface area contributed by atoms with Crippen LogP contribution in [0.1, 0.15) is 5.56 Å². The molecule has 0 atom stereocenters. The van der Waals surface area contributed by atoms with Crippen molar-refractivity contribution in [2.24, 2.45) is 0 Å². The Morgan fingerprint density at radius 3 is 2.46 bits per heavy atom. The predicted molar refractivity (Wildman–Crippen MR) is 96.3 cm³/mol. The highest BCUT2D eigenvalue weighted by Crippen LogP contribution is 2.23. The molecule has 0 heterocycles. The van der Waals surface area contributed by atoms with E-state index < -0.39 is 0 Å². The van der Waals surface area contributed by atoms with Gasteiger partial charge in [-0.3, -0.25) is 0 Å². The van der Waals surface area contributed by atoms with E-state index in [9.17, 15) is 4.79 Å². The Bertz CT molecular complexity index is 689. The standard InChI is InChI=1S/C18H21ClN2O3/c1-13-4-9-17(16(19)12-13)20-18(22)21(2)10-11-24-15-7-5-14(23-3)6-8-15/h4-9,12H,10-11H2,1-3H3,(H,20,22). The van der Waals surface area contributed by atoms with Crippen molar-refractivity contribution >= 4 is 23.3 Å². The fourth-order valence-electron chi connectivity index (χ4n) is 2.01. The number of nitrogens with one attached hydrogen (secondary N) is 1. The minimum atomic E-state index is -0.237. The zero-order valence-electron chi connectivity index (χ0n) is 14.0. The van der Waals surface area contributed by atoms with Crippen LogP contribution in [0.2, 0.25) is 5.02 Å². The molecular weight excluding hydrogens is 328 g/mol. The van der Waals surface area contributed by atoms with Crippen molar-refractivity contribution in [3.8, 4) is 11.5 Å². The molecule has 2 aromatic rings. The first-order valence-corrected chi connectivity index (χ1v) is 7.92. The van der Waals surface area contributed by atoms with Gasteiger partial charge in [-0.2, -0.15) is 0 Å². The molecule has 0 spiro atoms. The summed E-state index contributed by atoms with van der Waals surface area (Å²) in [5.74, 6) is 1.50. The monoisotopic (exact) mass is 348 g/mol. The number of anilines is 1. The van der Waals surface area contributed by atoms with Crippen LogP contribution in [0, 0.1) is 6.92 Å². The summed E-state index contributed by atoms with van der Waals surface area (Å²) < 4.78 is 10.7. The van der Waals surface area contributed by atoms with Gasteiger partial charge in [-0.1, -0.05) is 17.7 Å². The maximum absolute atomic E-state index is 12.2. The lowest BCUT2D eigenvalue weighted by Gasteiger charge is -2.19. The number of urea groups is 1. The summed E-state index contributed by atoms with van der Waals surface area (Å²) >= 11 is 6.12. The molecular formula is C18H21ClN2O3. The van der Waals surface area contributed by atoms with Crippen molar-refractivity contribution in [1.29, 1.82) is 0 Å². The van der Waals surface area contributed by atoms with Crippen LogP contribution in [0.4, 0.5) is 10.5 Å². The van der Waals surface area contributed by atoms with Gasteiger partial charge in [0, 0.05) is 7.05 Å². The highest BCUT2D eigenvalue weighted by molar-refractivity contribution is 6.33. The van der Waals surface area contributed by atoms with E-state index in [1.54, 1.807) is 25.1 Å². The van der Waals surface area contributed by atoms with Gasteiger partial charge in [-0.05, 0) is 48.9 Å². The summed E-state index contributed by atoms with van der Waals surface area (Å²) in [6.07, 6.45) is 0. The third-order valence-corrected chi connectivity index (χ3v) is 3.78. The molecule has 0 fully saturated rings. The minimum absolute atomic E-state index is 0.237. The number of ether oxygens (including phenoxy) is 2. The molecule has 128 valence electrons. The largest absolute Gasteiger partial charge is 0.497 e. The van der Waals surface area contributed by atoms with Crippen molar-refractivity contribution in [1.82, 2.24) is 4.90 Å². The lowest BCUT2D eigenvalue weighted by molar-refractivity contribution is 0.207. The smallest absolute Gasteiger partial charge is 0.321 e. The quantitative estimate of drug-likeness (QED) is 0.851. The number of aryl methyl sites for hydroxylation is 1. The number of methoxy groups -OCH3 is 1. The number of carbonyl (C=O) groups excluding carboxylic acids is 1. The van der Waals surface area contributed by atoms with Crippen molar-refractivity contribution in [3.63, 3.8) is 0 Å². The summed E-state index contributed by atoms with van der Waals surface area (Å²) in [6.45, 7) is 2.78. The molecule has 0 bridgehead atoms. The summed E-state index contributed by atoms with van der Waals surface area (Å²) in [5.41, 5.74) is 1.63. The first-order valence-electron chi connectivity index (χ1n) is 7.54. The third-order valence-electron chi connectivity index (χ3n) is 3.47. The maximum Gasteiger partial charge on any atom is 0.321 e. The van der Waals surface area contributed by atoms with Crippen molar-refractivity contribution < 1.29 is 14.3 Å². The first-order chi connectivity index (χ1) is 11.5. The minimum Gasteiger partial charge on any atom is -0.497 e. The average molecular weight is 349 g/mol. The van der Waals surface area contributed by atoms with Crippen LogP contribution in [-0.2, 0) is 0 Å². The van der Waals surface area contributed by atoms with E-state index in [1.807, 2.05) is 43.3 Å². The molecule has 2 aromatic carbocycles. The number of benzene rings is 2. The molecule has 24 heavy (non-hydrogen) atoms. The number of hydrogen-bond acceptors (Lipinski definition) is 3. The van der Waals surface area contributed by atoms with Crippen molar-refractivity contribution in [3.05, 3.63) is 53.1 Å². The molecule has 0 radical (unpaired) electrons. The summed E-state index contributed by atoms with van der Waals surface area (Å²) in [7, 11) is 3.32. The van der Waals surface area contributed by atoms with Crippen LogP contribution >= 0.6 is 11.6 Å². The molecule has 0 aliphatic heterocycles. The second-order valence-corrected chi connectivity index (χ2v) is 5.77. The zero-order chi connectivity index (χ0) is 17.5. The number of nitrogens with zero attached hydrogens (tertiary/aromatic N) is 1. The van der Waals surface area contributed by atoms with E-state index in [0.29, 0.717) is 23.9 Å². The molecule has 0 unspecified atom stereocenters. The zero-order valence-corrected chi connectivity index (χ0v) is 14.8. The van der Waals surface area contributed by atoms with Crippen molar-refractivity contribution in [2.45, 2.75) is 6.92 Å². The normalized spacial score (nSPS) is 10.2. The molecule has 2 amide bonds. The third kappa shape index (κ3) is 5.06. The Kier molecular flexibility index (Phi) is 6.32. The topological polar surface area (TPSA) is 50.8 Å². The number of hydrogen-bond donors (Lipinski definition) is 1. The van der Waals surface area contributed by atoms with Crippen LogP contribution in [0.5, 0.6) is 11.5 Å². The lowest BCUT2D eigenvalue weighted by Crippen LogP contribution is -2.34. The van der Waals surface area contributed by atoms with E-state index in [0.717, 1.165) is 17.1 Å². The number of amides is 2. The van der Waals surface area contributed by atoms with Crippen LogP contribution in [0.15, 0.2) is 42.5 Å². The first kappa shape index (κ1) is 17.9. The number of likely N-dealkylation sites (N-methyl/N-ethyl adjacent to an activating group) is 1. The van der Waals surface area contributed by atoms with E-state index in [2.05, 4.69) is 5.32 Å². The average Bonchev–Trinajstić information content (AvgIpc) is 2.57. The van der Waals surface area contributed by atoms with Gasteiger partial charge in [0.05, 0.1) is 24.4 Å². The molecule has 0 aromatic heterocycles. The molecule has 1 N–H and O–H groups in total. The van der Waals surface area contributed by atoms with Gasteiger partial charge < -0.3 is 19.7 Å². The van der Waals surface area contributed by atoms with Crippen LogP contribution in [0.25, 0.3) is 0 Å². The van der Waals surface area contributed by atoms with Gasteiger partial charge in [-0.25, -0.2) is 4.79 Å². The van der Waals surface area contributed by atoms with Crippen LogP contribution < -0.4 is 14.8 Å². The van der Waals surface area contributed by atoms with Crippen LogP contribution in [-0.4, -0.2) is 38.2 Å². The molecule has 2 rings (SSSR count). The Morgan fingerprint density at radius 1 is 1.17 bits per heavy atom. The highest BCUT2D eigenvalue weighted by atomic mass is 35.5. The van der Waals surface area contributed by atoms with E-state index in [4.69, 9.17) is 21.1 Å². The van der Waals surface area contributed by atoms with E-state index >= 15 is 0 Å². The van der Waals surface area contributed by atoms with Crippen LogP contribution in [0.3, 0.4) is 0 Å². The van der Waals surface area contributed by atoms with Gasteiger partial charge >= 0.3 is 6.03 Å². The van der Waals surface area contributed by atoms with Gasteiger partial charge in [0.2, 0.25) is 0 Å². The van der Waals surface area contributed by atoms with E-state index in [-0.39, 0.29) is 6.03 Å². The molecule has 5 nitrogen and oxygen atoms in total. The van der Waals surface area contributed by atoms with Crippen molar-refractivity contribution in [2.75, 3.05) is 32.6 Å². The number of halogens is 1. The van der Waals surface area contributed by atoms with Gasteiger partial charge in [0.15, 0.2) is 0 Å². The van der Waals surface area contributed by atoms with E-state index in [1.165, 1.54) is 0 Å². The maximum atomic E-state index is 12.2. The Labute approximate surface area is 147 Å². The molecule has 6 heteroatoms. The van der Waals surface area contributed by atoms with Gasteiger partial charge in [0.25, 0.3) is 0 Å². The number of carbonyl (C=O) groups is 1. The fourth-order valence-corrected chi connectivity index (χ4v) is 2.29.